The quantitative estimate of drug-likeness (QED) is 0.765. The third kappa shape index (κ3) is 2.69. The number of amides is 1. The standard InChI is InChI=1S/C21H20N4O/c22-21(26)17-2-1-11-23-20(17)15-7-9-16(10-8-15)25-19(14-5-6-14)12-18(24-25)13-3-4-13/h1-2,7-14H,3-6H2,(H2,22,26). The van der Waals surface area contributed by atoms with Gasteiger partial charge < -0.3 is 5.73 Å². The summed E-state index contributed by atoms with van der Waals surface area (Å²) in [6.07, 6.45) is 6.70. The highest BCUT2D eigenvalue weighted by Gasteiger charge is 2.32. The van der Waals surface area contributed by atoms with Crippen LogP contribution in [-0.4, -0.2) is 20.7 Å². The summed E-state index contributed by atoms with van der Waals surface area (Å²) < 4.78 is 2.10. The first-order valence-corrected chi connectivity index (χ1v) is 9.16. The number of rotatable bonds is 5. The van der Waals surface area contributed by atoms with Crippen molar-refractivity contribution < 1.29 is 4.79 Å². The number of nitrogens with zero attached hydrogens (tertiary/aromatic N) is 3. The van der Waals surface area contributed by atoms with Gasteiger partial charge in [-0.15, -0.1) is 0 Å². The highest BCUT2D eigenvalue weighted by molar-refractivity contribution is 5.98. The van der Waals surface area contributed by atoms with E-state index in [4.69, 9.17) is 10.8 Å². The molecule has 2 aromatic heterocycles. The van der Waals surface area contributed by atoms with Gasteiger partial charge in [0.05, 0.1) is 22.6 Å². The van der Waals surface area contributed by atoms with E-state index in [1.807, 2.05) is 24.3 Å². The second-order valence-electron chi connectivity index (χ2n) is 7.27. The molecule has 0 atom stereocenters. The van der Waals surface area contributed by atoms with Gasteiger partial charge in [0.15, 0.2) is 0 Å². The third-order valence-corrected chi connectivity index (χ3v) is 5.21. The predicted molar refractivity (Wildman–Crippen MR) is 99.3 cm³/mol. The molecule has 2 N–H and O–H groups in total. The van der Waals surface area contributed by atoms with E-state index >= 15 is 0 Å². The Labute approximate surface area is 151 Å². The van der Waals surface area contributed by atoms with Crippen LogP contribution in [0.2, 0.25) is 0 Å². The normalized spacial score (nSPS) is 16.6. The van der Waals surface area contributed by atoms with Crippen molar-refractivity contribution >= 4 is 5.91 Å². The minimum Gasteiger partial charge on any atom is -0.366 e. The molecule has 5 rings (SSSR count). The van der Waals surface area contributed by atoms with Crippen LogP contribution >= 0.6 is 0 Å². The van der Waals surface area contributed by atoms with Crippen LogP contribution in [0.25, 0.3) is 16.9 Å². The molecule has 2 fully saturated rings. The van der Waals surface area contributed by atoms with Gasteiger partial charge in [0.25, 0.3) is 5.91 Å². The summed E-state index contributed by atoms with van der Waals surface area (Å²) >= 11 is 0. The van der Waals surface area contributed by atoms with Crippen molar-refractivity contribution in [2.24, 2.45) is 5.73 Å². The van der Waals surface area contributed by atoms with Gasteiger partial charge in [-0.2, -0.15) is 5.10 Å². The zero-order valence-corrected chi connectivity index (χ0v) is 14.4. The minimum absolute atomic E-state index is 0.439. The number of aromatic nitrogens is 3. The largest absolute Gasteiger partial charge is 0.366 e. The average molecular weight is 344 g/mol. The van der Waals surface area contributed by atoms with Gasteiger partial charge in [0.2, 0.25) is 0 Å². The fraction of sp³-hybridized carbons (Fsp3) is 0.286. The molecule has 0 spiro atoms. The smallest absolute Gasteiger partial charge is 0.250 e. The zero-order valence-electron chi connectivity index (χ0n) is 14.4. The first kappa shape index (κ1) is 15.3. The number of primary amides is 1. The van der Waals surface area contributed by atoms with E-state index < -0.39 is 5.91 Å². The lowest BCUT2D eigenvalue weighted by molar-refractivity contribution is 0.100. The van der Waals surface area contributed by atoms with Gasteiger partial charge in [-0.25, -0.2) is 4.68 Å². The highest BCUT2D eigenvalue weighted by atomic mass is 16.1. The van der Waals surface area contributed by atoms with Crippen LogP contribution in [0.1, 0.15) is 59.3 Å². The van der Waals surface area contributed by atoms with Gasteiger partial charge in [0.1, 0.15) is 0 Å². The lowest BCUT2D eigenvalue weighted by Crippen LogP contribution is -2.13. The Kier molecular flexibility index (Phi) is 3.42. The molecule has 1 aromatic carbocycles. The molecule has 2 saturated carbocycles. The molecule has 2 aliphatic carbocycles. The van der Waals surface area contributed by atoms with Crippen molar-refractivity contribution in [3.8, 4) is 16.9 Å². The van der Waals surface area contributed by atoms with Crippen LogP contribution in [0.4, 0.5) is 0 Å². The summed E-state index contributed by atoms with van der Waals surface area (Å²) in [6, 6.07) is 13.8. The maximum atomic E-state index is 11.7. The molecule has 2 heterocycles. The van der Waals surface area contributed by atoms with Crippen LogP contribution < -0.4 is 5.73 Å². The molecule has 2 aliphatic rings. The number of nitrogens with two attached hydrogens (primary N) is 1. The monoisotopic (exact) mass is 344 g/mol. The third-order valence-electron chi connectivity index (χ3n) is 5.21. The number of hydrogen-bond donors (Lipinski definition) is 1. The van der Waals surface area contributed by atoms with Crippen LogP contribution in [-0.2, 0) is 0 Å². The minimum atomic E-state index is -0.464. The van der Waals surface area contributed by atoms with Crippen molar-refractivity contribution in [2.75, 3.05) is 0 Å². The topological polar surface area (TPSA) is 73.8 Å². The Balaban J connectivity index is 1.52. The van der Waals surface area contributed by atoms with E-state index in [1.165, 1.54) is 37.1 Å². The summed E-state index contributed by atoms with van der Waals surface area (Å²) in [5.74, 6) is 0.834. The highest BCUT2D eigenvalue weighted by Crippen LogP contribution is 2.45. The lowest BCUT2D eigenvalue weighted by Gasteiger charge is -2.09. The Morgan fingerprint density at radius 2 is 1.77 bits per heavy atom. The average Bonchev–Trinajstić information content (AvgIpc) is 3.60. The molecule has 26 heavy (non-hydrogen) atoms. The van der Waals surface area contributed by atoms with Gasteiger partial charge in [0, 0.05) is 29.3 Å². The van der Waals surface area contributed by atoms with Crippen molar-refractivity contribution in [1.82, 2.24) is 14.8 Å². The summed E-state index contributed by atoms with van der Waals surface area (Å²) in [6.45, 7) is 0. The van der Waals surface area contributed by atoms with Crippen LogP contribution in [0, 0.1) is 0 Å². The lowest BCUT2D eigenvalue weighted by atomic mass is 10.1. The predicted octanol–water partition coefficient (Wildman–Crippen LogP) is 3.79. The Morgan fingerprint density at radius 3 is 2.42 bits per heavy atom. The molecule has 0 saturated heterocycles. The van der Waals surface area contributed by atoms with Gasteiger partial charge >= 0.3 is 0 Å². The van der Waals surface area contributed by atoms with E-state index in [2.05, 4.69) is 15.7 Å². The maximum Gasteiger partial charge on any atom is 0.250 e. The number of hydrogen-bond acceptors (Lipinski definition) is 3. The molecule has 0 aliphatic heterocycles. The molecular weight excluding hydrogens is 324 g/mol. The van der Waals surface area contributed by atoms with Crippen LogP contribution in [0.15, 0.2) is 48.7 Å². The molecule has 3 aromatic rings. The number of pyridine rings is 1. The summed E-state index contributed by atoms with van der Waals surface area (Å²) in [5.41, 5.74) is 11.0. The number of carbonyl (C=O) groups excluding carboxylic acids is 1. The van der Waals surface area contributed by atoms with E-state index in [1.54, 1.807) is 18.3 Å². The Hall–Kier alpha value is -2.95. The second-order valence-corrected chi connectivity index (χ2v) is 7.27. The second kappa shape index (κ2) is 5.80. The van der Waals surface area contributed by atoms with Crippen molar-refractivity contribution in [2.45, 2.75) is 37.5 Å². The SMILES string of the molecule is NC(=O)c1cccnc1-c1ccc(-n2nc(C3CC3)cc2C2CC2)cc1. The summed E-state index contributed by atoms with van der Waals surface area (Å²) in [4.78, 5) is 16.0. The van der Waals surface area contributed by atoms with Crippen molar-refractivity contribution in [3.63, 3.8) is 0 Å². The maximum absolute atomic E-state index is 11.7. The Morgan fingerprint density at radius 1 is 1.04 bits per heavy atom. The van der Waals surface area contributed by atoms with E-state index in [-0.39, 0.29) is 0 Å². The van der Waals surface area contributed by atoms with E-state index in [9.17, 15) is 4.79 Å². The van der Waals surface area contributed by atoms with Crippen molar-refractivity contribution in [1.29, 1.82) is 0 Å². The van der Waals surface area contributed by atoms with Gasteiger partial charge in [-0.05, 0) is 56.0 Å². The van der Waals surface area contributed by atoms with Gasteiger partial charge in [-0.1, -0.05) is 12.1 Å². The zero-order chi connectivity index (χ0) is 17.7. The van der Waals surface area contributed by atoms with Crippen LogP contribution in [0.5, 0.6) is 0 Å². The molecule has 5 nitrogen and oxygen atoms in total. The number of benzene rings is 1. The summed E-state index contributed by atoms with van der Waals surface area (Å²) in [7, 11) is 0. The van der Waals surface area contributed by atoms with Crippen LogP contribution in [0.3, 0.4) is 0 Å². The molecule has 130 valence electrons. The van der Waals surface area contributed by atoms with Crippen molar-refractivity contribution in [3.05, 3.63) is 65.6 Å². The molecule has 0 bridgehead atoms. The molecule has 1 amide bonds. The molecular formula is C21H20N4O. The first-order chi connectivity index (χ1) is 12.7. The fourth-order valence-electron chi connectivity index (χ4n) is 3.46. The first-order valence-electron chi connectivity index (χ1n) is 9.16. The molecule has 0 radical (unpaired) electrons. The summed E-state index contributed by atoms with van der Waals surface area (Å²) in [5, 5.41) is 4.88. The molecule has 5 heteroatoms. The number of carbonyl (C=O) groups is 1. The molecule has 0 unspecified atom stereocenters. The van der Waals surface area contributed by atoms with E-state index in [0.29, 0.717) is 23.1 Å². The van der Waals surface area contributed by atoms with Gasteiger partial charge in [-0.3, -0.25) is 9.78 Å². The van der Waals surface area contributed by atoms with E-state index in [0.717, 1.165) is 11.3 Å². The fourth-order valence-corrected chi connectivity index (χ4v) is 3.46. The Bertz CT molecular complexity index is 982.